The van der Waals surface area contributed by atoms with E-state index in [2.05, 4.69) is 10.7 Å². The van der Waals surface area contributed by atoms with Crippen molar-refractivity contribution in [1.29, 1.82) is 0 Å². The smallest absolute Gasteiger partial charge is 0.325 e. The molecule has 0 amide bonds. The normalized spacial score (nSPS) is 10.2. The van der Waals surface area contributed by atoms with E-state index < -0.39 is 0 Å². The molecule has 0 fully saturated rings. The van der Waals surface area contributed by atoms with Gasteiger partial charge in [-0.25, -0.2) is 0 Å². The lowest BCUT2D eigenvalue weighted by Gasteiger charge is -1.94. The number of nitrogens with zero attached hydrogens (tertiary/aromatic N) is 2. The third kappa shape index (κ3) is 1.20. The molecule has 0 radical (unpaired) electrons. The fourth-order valence-electron chi connectivity index (χ4n) is 1.12. The van der Waals surface area contributed by atoms with E-state index in [0.717, 1.165) is 16.2 Å². The third-order valence-electron chi connectivity index (χ3n) is 1.66. The molecule has 2 rings (SSSR count). The van der Waals surface area contributed by atoms with Crippen LogP contribution in [0.2, 0.25) is 0 Å². The number of anilines is 1. The van der Waals surface area contributed by atoms with Gasteiger partial charge in [0.25, 0.3) is 0 Å². The Morgan fingerprint density at radius 2 is 2.23 bits per heavy atom. The first-order valence-electron chi connectivity index (χ1n) is 3.53. The van der Waals surface area contributed by atoms with Gasteiger partial charge in [0, 0.05) is 11.5 Å². The Kier molecular flexibility index (Phi) is 1.82. The van der Waals surface area contributed by atoms with Gasteiger partial charge in [0.15, 0.2) is 0 Å². The molecule has 0 atom stereocenters. The second-order valence-electron chi connectivity index (χ2n) is 2.40. The summed E-state index contributed by atoms with van der Waals surface area (Å²) in [6.45, 7) is 0. The Morgan fingerprint density at radius 1 is 1.46 bits per heavy atom. The molecule has 0 aliphatic rings. The second-order valence-corrected chi connectivity index (χ2v) is 3.35. The molecule has 1 N–H and O–H groups in total. The van der Waals surface area contributed by atoms with Crippen molar-refractivity contribution in [1.82, 2.24) is 0 Å². The van der Waals surface area contributed by atoms with Gasteiger partial charge >= 0.3 is 5.82 Å². The fraction of sp³-hybridized carbons (Fsp3) is 0. The number of hydrogen-bond donors (Lipinski definition) is 1. The van der Waals surface area contributed by atoms with Crippen LogP contribution < -0.4 is 9.55 Å². The molecule has 0 saturated heterocycles. The zero-order chi connectivity index (χ0) is 9.26. The maximum absolute atomic E-state index is 11.2. The SMILES string of the molecule is O=NNc1c2ccccc2s[n+]1[O-]. The van der Waals surface area contributed by atoms with E-state index in [1.165, 1.54) is 0 Å². The van der Waals surface area contributed by atoms with E-state index in [9.17, 15) is 10.1 Å². The van der Waals surface area contributed by atoms with Crippen LogP contribution in [0.1, 0.15) is 0 Å². The summed E-state index contributed by atoms with van der Waals surface area (Å²) in [6, 6.07) is 7.19. The highest BCUT2D eigenvalue weighted by molar-refractivity contribution is 7.10. The van der Waals surface area contributed by atoms with Crippen LogP contribution >= 0.6 is 11.5 Å². The lowest BCUT2D eigenvalue weighted by molar-refractivity contribution is -0.513. The van der Waals surface area contributed by atoms with Crippen LogP contribution in [-0.4, -0.2) is 0 Å². The van der Waals surface area contributed by atoms with Gasteiger partial charge in [0.05, 0.1) is 10.1 Å². The van der Waals surface area contributed by atoms with Gasteiger partial charge in [0.2, 0.25) is 0 Å². The van der Waals surface area contributed by atoms with Gasteiger partial charge in [-0.1, -0.05) is 12.1 Å². The predicted molar refractivity (Wildman–Crippen MR) is 50.2 cm³/mol. The second kappa shape index (κ2) is 2.98. The van der Waals surface area contributed by atoms with Crippen molar-refractivity contribution in [2.45, 2.75) is 0 Å². The van der Waals surface area contributed by atoms with Crippen molar-refractivity contribution < 1.29 is 4.12 Å². The number of nitrogens with one attached hydrogen (secondary N) is 1. The van der Waals surface area contributed by atoms with Crippen molar-refractivity contribution in [3.05, 3.63) is 34.4 Å². The zero-order valence-corrected chi connectivity index (χ0v) is 7.25. The molecule has 2 aromatic rings. The molecule has 0 spiro atoms. The molecule has 0 aliphatic heterocycles. The topological polar surface area (TPSA) is 68.4 Å². The molecule has 0 unspecified atom stereocenters. The highest BCUT2D eigenvalue weighted by Crippen LogP contribution is 2.23. The van der Waals surface area contributed by atoms with Gasteiger partial charge in [-0.15, -0.1) is 10.3 Å². The Morgan fingerprint density at radius 3 is 3.00 bits per heavy atom. The van der Waals surface area contributed by atoms with Crippen LogP contribution in [-0.2, 0) is 0 Å². The van der Waals surface area contributed by atoms with E-state index >= 15 is 0 Å². The molecular formula is C7H5N3O2S. The number of aromatic nitrogens is 1. The van der Waals surface area contributed by atoms with Crippen molar-refractivity contribution in [2.24, 2.45) is 5.29 Å². The van der Waals surface area contributed by atoms with E-state index in [-0.39, 0.29) is 5.82 Å². The summed E-state index contributed by atoms with van der Waals surface area (Å²) in [7, 11) is 0. The minimum atomic E-state index is 0.190. The number of nitroso groups, excluding NO2 is 1. The molecule has 13 heavy (non-hydrogen) atoms. The van der Waals surface area contributed by atoms with Crippen LogP contribution in [0.4, 0.5) is 5.82 Å². The summed E-state index contributed by atoms with van der Waals surface area (Å²) in [5, 5.41) is 14.4. The number of hydrogen-bond acceptors (Lipinski definition) is 4. The van der Waals surface area contributed by atoms with Gasteiger partial charge in [-0.2, -0.15) is 4.12 Å². The van der Waals surface area contributed by atoms with Crippen LogP contribution in [0.15, 0.2) is 29.6 Å². The Bertz CT molecular complexity index is 454. The molecule has 0 aliphatic carbocycles. The minimum absolute atomic E-state index is 0.190. The van der Waals surface area contributed by atoms with Crippen molar-refractivity contribution in [3.8, 4) is 0 Å². The van der Waals surface area contributed by atoms with Gasteiger partial charge < -0.3 is 5.21 Å². The maximum atomic E-state index is 11.2. The Labute approximate surface area is 77.3 Å². The van der Waals surface area contributed by atoms with Gasteiger partial charge in [-0.3, -0.25) is 0 Å². The van der Waals surface area contributed by atoms with E-state index in [4.69, 9.17) is 0 Å². The van der Waals surface area contributed by atoms with E-state index in [0.29, 0.717) is 9.51 Å². The lowest BCUT2D eigenvalue weighted by atomic mass is 10.3. The van der Waals surface area contributed by atoms with E-state index in [1.54, 1.807) is 12.1 Å². The minimum Gasteiger partial charge on any atom is -0.700 e. The highest BCUT2D eigenvalue weighted by Gasteiger charge is 2.13. The largest absolute Gasteiger partial charge is 0.700 e. The summed E-state index contributed by atoms with van der Waals surface area (Å²) in [4.78, 5) is 9.96. The van der Waals surface area contributed by atoms with Crippen molar-refractivity contribution in [3.63, 3.8) is 0 Å². The van der Waals surface area contributed by atoms with Crippen molar-refractivity contribution >= 4 is 27.4 Å². The molecule has 1 aromatic heterocycles. The summed E-state index contributed by atoms with van der Waals surface area (Å²) in [5.74, 6) is 0.190. The van der Waals surface area contributed by atoms with Crippen LogP contribution in [0, 0.1) is 10.1 Å². The first-order chi connectivity index (χ1) is 6.33. The van der Waals surface area contributed by atoms with Crippen molar-refractivity contribution in [2.75, 3.05) is 5.43 Å². The van der Waals surface area contributed by atoms with E-state index in [1.807, 2.05) is 12.1 Å². The number of benzene rings is 1. The summed E-state index contributed by atoms with van der Waals surface area (Å²) in [5.41, 5.74) is 2.13. The standard InChI is InChI=1S/C7H5N3O2S/c11-9-8-7-5-3-1-2-4-6(5)13-10(7)12/h1-4H,(H,8,11). The lowest BCUT2D eigenvalue weighted by Crippen LogP contribution is -2.22. The van der Waals surface area contributed by atoms with Gasteiger partial charge in [0.1, 0.15) is 5.29 Å². The monoisotopic (exact) mass is 195 g/mol. The molecule has 6 heteroatoms. The predicted octanol–water partition coefficient (Wildman–Crippen LogP) is 1.63. The third-order valence-corrected chi connectivity index (χ3v) is 2.56. The summed E-state index contributed by atoms with van der Waals surface area (Å²) in [6.07, 6.45) is 0. The summed E-state index contributed by atoms with van der Waals surface area (Å²) >= 11 is 1.02. The first-order valence-corrected chi connectivity index (χ1v) is 4.30. The molecule has 5 nitrogen and oxygen atoms in total. The zero-order valence-electron chi connectivity index (χ0n) is 6.43. The highest BCUT2D eigenvalue weighted by atomic mass is 32.1. The Hall–Kier alpha value is -1.69. The number of rotatable bonds is 2. The molecule has 0 saturated carbocycles. The summed E-state index contributed by atoms with van der Waals surface area (Å²) < 4.78 is 1.45. The average molecular weight is 195 g/mol. The average Bonchev–Trinajstić information content (AvgIpc) is 2.44. The first kappa shape index (κ1) is 7.93. The molecule has 66 valence electrons. The quantitative estimate of drug-likeness (QED) is 0.342. The van der Waals surface area contributed by atoms with Crippen LogP contribution in [0.25, 0.3) is 10.1 Å². The molecule has 1 aromatic carbocycles. The number of fused-ring (bicyclic) bond motifs is 1. The Balaban J connectivity index is 2.70. The maximum Gasteiger partial charge on any atom is 0.325 e. The molecule has 0 bridgehead atoms. The molecular weight excluding hydrogens is 190 g/mol. The van der Waals surface area contributed by atoms with Gasteiger partial charge in [-0.05, 0) is 12.1 Å². The van der Waals surface area contributed by atoms with Crippen LogP contribution in [0.5, 0.6) is 0 Å². The van der Waals surface area contributed by atoms with Crippen LogP contribution in [0.3, 0.4) is 0 Å². The molecule has 1 heterocycles. The fourth-order valence-corrected chi connectivity index (χ4v) is 1.93.